The third-order valence-corrected chi connectivity index (χ3v) is 4.07. The highest BCUT2D eigenvalue weighted by Gasteiger charge is 2.23. The van der Waals surface area contributed by atoms with Gasteiger partial charge in [0, 0.05) is 18.3 Å². The zero-order valence-corrected chi connectivity index (χ0v) is 12.4. The summed E-state index contributed by atoms with van der Waals surface area (Å²) in [5.41, 5.74) is 2.06. The summed E-state index contributed by atoms with van der Waals surface area (Å²) in [5, 5.41) is 9.44. The highest BCUT2D eigenvalue weighted by Crippen LogP contribution is 2.28. The van der Waals surface area contributed by atoms with Crippen LogP contribution >= 0.6 is 0 Å². The lowest BCUT2D eigenvalue weighted by Crippen LogP contribution is -2.34. The molecule has 0 bridgehead atoms. The zero-order valence-electron chi connectivity index (χ0n) is 12.4. The van der Waals surface area contributed by atoms with E-state index in [1.54, 1.807) is 0 Å². The maximum Gasteiger partial charge on any atom is 0.129 e. The first-order chi connectivity index (χ1) is 9.15. The Morgan fingerprint density at radius 2 is 2.00 bits per heavy atom. The minimum absolute atomic E-state index is 0.0947. The first kappa shape index (κ1) is 14.3. The SMILES string of the molecule is CCN(c1cc(CO)cc(C(C)C)n1)C1CCCC1. The first-order valence-electron chi connectivity index (χ1n) is 7.54. The van der Waals surface area contributed by atoms with Crippen molar-refractivity contribution < 1.29 is 5.11 Å². The fourth-order valence-electron chi connectivity index (χ4n) is 2.95. The molecule has 1 fully saturated rings. The number of hydrogen-bond donors (Lipinski definition) is 1. The molecule has 1 saturated carbocycles. The van der Waals surface area contributed by atoms with Crippen LogP contribution in [0.15, 0.2) is 12.1 Å². The molecule has 1 aromatic heterocycles. The summed E-state index contributed by atoms with van der Waals surface area (Å²) in [6, 6.07) is 4.70. The molecule has 1 aromatic rings. The summed E-state index contributed by atoms with van der Waals surface area (Å²) in [5.74, 6) is 1.44. The van der Waals surface area contributed by atoms with Crippen LogP contribution in [0.5, 0.6) is 0 Å². The van der Waals surface area contributed by atoms with Gasteiger partial charge in [0.15, 0.2) is 0 Å². The van der Waals surface area contributed by atoms with Crippen LogP contribution in [0, 0.1) is 0 Å². The van der Waals surface area contributed by atoms with Crippen molar-refractivity contribution in [3.8, 4) is 0 Å². The molecule has 3 heteroatoms. The lowest BCUT2D eigenvalue weighted by atomic mass is 10.1. The Hall–Kier alpha value is -1.09. The normalized spacial score (nSPS) is 16.3. The summed E-state index contributed by atoms with van der Waals surface area (Å²) in [6.45, 7) is 7.58. The largest absolute Gasteiger partial charge is 0.392 e. The number of aliphatic hydroxyl groups is 1. The van der Waals surface area contributed by atoms with E-state index in [-0.39, 0.29) is 6.61 Å². The number of aliphatic hydroxyl groups excluding tert-OH is 1. The van der Waals surface area contributed by atoms with Gasteiger partial charge < -0.3 is 10.0 Å². The quantitative estimate of drug-likeness (QED) is 0.882. The molecule has 0 amide bonds. The van der Waals surface area contributed by atoms with Gasteiger partial charge in [-0.05, 0) is 43.4 Å². The molecule has 0 aliphatic heterocycles. The highest BCUT2D eigenvalue weighted by atomic mass is 16.3. The second-order valence-corrected chi connectivity index (χ2v) is 5.80. The summed E-state index contributed by atoms with van der Waals surface area (Å²) in [6.07, 6.45) is 5.21. The lowest BCUT2D eigenvalue weighted by molar-refractivity contribution is 0.281. The topological polar surface area (TPSA) is 36.4 Å². The van der Waals surface area contributed by atoms with Crippen LogP contribution < -0.4 is 4.90 Å². The van der Waals surface area contributed by atoms with Gasteiger partial charge in [-0.25, -0.2) is 4.98 Å². The molecule has 2 rings (SSSR count). The van der Waals surface area contributed by atoms with Crippen molar-refractivity contribution in [1.29, 1.82) is 0 Å². The van der Waals surface area contributed by atoms with Crippen molar-refractivity contribution in [2.75, 3.05) is 11.4 Å². The van der Waals surface area contributed by atoms with Gasteiger partial charge in [-0.3, -0.25) is 0 Å². The van der Waals surface area contributed by atoms with E-state index in [0.29, 0.717) is 12.0 Å². The van der Waals surface area contributed by atoms with Gasteiger partial charge in [-0.15, -0.1) is 0 Å². The van der Waals surface area contributed by atoms with Gasteiger partial charge in [0.2, 0.25) is 0 Å². The molecule has 1 aliphatic rings. The second kappa shape index (κ2) is 6.38. The molecule has 0 radical (unpaired) electrons. The number of hydrogen-bond acceptors (Lipinski definition) is 3. The molecule has 1 N–H and O–H groups in total. The van der Waals surface area contributed by atoms with Gasteiger partial charge in [0.25, 0.3) is 0 Å². The summed E-state index contributed by atoms with van der Waals surface area (Å²) < 4.78 is 0. The number of pyridine rings is 1. The Bertz CT molecular complexity index is 411. The number of rotatable bonds is 5. The van der Waals surface area contributed by atoms with E-state index in [0.717, 1.165) is 23.6 Å². The minimum Gasteiger partial charge on any atom is -0.392 e. The molecule has 0 aromatic carbocycles. The third-order valence-electron chi connectivity index (χ3n) is 4.07. The van der Waals surface area contributed by atoms with Gasteiger partial charge in [-0.1, -0.05) is 26.7 Å². The first-order valence-corrected chi connectivity index (χ1v) is 7.54. The van der Waals surface area contributed by atoms with Crippen LogP contribution in [0.4, 0.5) is 5.82 Å². The molecular weight excluding hydrogens is 236 g/mol. The smallest absolute Gasteiger partial charge is 0.129 e. The Morgan fingerprint density at radius 1 is 1.32 bits per heavy atom. The van der Waals surface area contributed by atoms with Crippen molar-refractivity contribution >= 4 is 5.82 Å². The zero-order chi connectivity index (χ0) is 13.8. The number of anilines is 1. The fourth-order valence-corrected chi connectivity index (χ4v) is 2.95. The molecule has 1 heterocycles. The molecule has 0 saturated heterocycles. The average Bonchev–Trinajstić information content (AvgIpc) is 2.93. The number of aromatic nitrogens is 1. The number of nitrogens with zero attached hydrogens (tertiary/aromatic N) is 2. The lowest BCUT2D eigenvalue weighted by Gasteiger charge is -2.29. The maximum atomic E-state index is 9.44. The predicted octanol–water partition coefficient (Wildman–Crippen LogP) is 3.47. The van der Waals surface area contributed by atoms with Gasteiger partial charge in [0.05, 0.1) is 6.61 Å². The van der Waals surface area contributed by atoms with E-state index in [4.69, 9.17) is 4.98 Å². The summed E-state index contributed by atoms with van der Waals surface area (Å²) >= 11 is 0. The van der Waals surface area contributed by atoms with E-state index in [2.05, 4.69) is 25.7 Å². The van der Waals surface area contributed by atoms with E-state index in [1.165, 1.54) is 25.7 Å². The van der Waals surface area contributed by atoms with E-state index in [1.807, 2.05) is 12.1 Å². The Balaban J connectivity index is 2.32. The van der Waals surface area contributed by atoms with Crippen molar-refractivity contribution in [1.82, 2.24) is 4.98 Å². The van der Waals surface area contributed by atoms with E-state index < -0.39 is 0 Å². The van der Waals surface area contributed by atoms with Crippen molar-refractivity contribution in [3.63, 3.8) is 0 Å². The minimum atomic E-state index is 0.0947. The monoisotopic (exact) mass is 262 g/mol. The van der Waals surface area contributed by atoms with Crippen LogP contribution in [-0.4, -0.2) is 22.7 Å². The van der Waals surface area contributed by atoms with Crippen molar-refractivity contribution in [2.45, 2.75) is 65.0 Å². The Kier molecular flexibility index (Phi) is 4.81. The summed E-state index contributed by atoms with van der Waals surface area (Å²) in [7, 11) is 0. The maximum absolute atomic E-state index is 9.44. The molecule has 3 nitrogen and oxygen atoms in total. The van der Waals surface area contributed by atoms with Crippen LogP contribution in [0.2, 0.25) is 0 Å². The fraction of sp³-hybridized carbons (Fsp3) is 0.688. The standard InChI is InChI=1S/C16H26N2O/c1-4-18(14-7-5-6-8-14)16-10-13(11-19)9-15(17-16)12(2)3/h9-10,12,14,19H,4-8,11H2,1-3H3. The van der Waals surface area contributed by atoms with Crippen molar-refractivity contribution in [3.05, 3.63) is 23.4 Å². The van der Waals surface area contributed by atoms with Crippen LogP contribution in [0.25, 0.3) is 0 Å². The molecule has 19 heavy (non-hydrogen) atoms. The molecule has 0 spiro atoms. The van der Waals surface area contributed by atoms with Crippen LogP contribution in [0.1, 0.15) is 63.6 Å². The molecule has 1 aliphatic carbocycles. The van der Waals surface area contributed by atoms with Crippen LogP contribution in [-0.2, 0) is 6.61 Å². The van der Waals surface area contributed by atoms with Gasteiger partial charge >= 0.3 is 0 Å². The predicted molar refractivity (Wildman–Crippen MR) is 79.5 cm³/mol. The third kappa shape index (κ3) is 3.27. The van der Waals surface area contributed by atoms with E-state index in [9.17, 15) is 5.11 Å². The van der Waals surface area contributed by atoms with Gasteiger partial charge in [-0.2, -0.15) is 0 Å². The highest BCUT2D eigenvalue weighted by molar-refractivity contribution is 5.44. The average molecular weight is 262 g/mol. The van der Waals surface area contributed by atoms with Crippen molar-refractivity contribution in [2.24, 2.45) is 0 Å². The summed E-state index contributed by atoms with van der Waals surface area (Å²) in [4.78, 5) is 7.23. The Labute approximate surface area is 116 Å². The van der Waals surface area contributed by atoms with E-state index >= 15 is 0 Å². The van der Waals surface area contributed by atoms with Gasteiger partial charge in [0.1, 0.15) is 5.82 Å². The molecular formula is C16H26N2O. The Morgan fingerprint density at radius 3 is 2.53 bits per heavy atom. The molecule has 0 unspecified atom stereocenters. The molecule has 0 atom stereocenters. The second-order valence-electron chi connectivity index (χ2n) is 5.80. The van der Waals surface area contributed by atoms with Crippen LogP contribution in [0.3, 0.4) is 0 Å². The molecule has 106 valence electrons.